The van der Waals surface area contributed by atoms with Crippen LogP contribution in [-0.2, 0) is 14.8 Å². The van der Waals surface area contributed by atoms with E-state index in [-0.39, 0.29) is 11.4 Å². The lowest BCUT2D eigenvalue weighted by atomic mass is 10.0. The number of rotatable bonds is 4. The van der Waals surface area contributed by atoms with Gasteiger partial charge in [0.15, 0.2) is 0 Å². The van der Waals surface area contributed by atoms with Crippen LogP contribution in [0.15, 0.2) is 101 Å². The first-order valence-corrected chi connectivity index (χ1v) is 12.6. The Balaban J connectivity index is 1.76. The van der Waals surface area contributed by atoms with E-state index >= 15 is 0 Å². The number of sulfonamides is 1. The minimum atomic E-state index is -3.76. The van der Waals surface area contributed by atoms with Gasteiger partial charge in [0.1, 0.15) is 5.76 Å². The monoisotopic (exact) mass is 509 g/mol. The predicted octanol–water partition coefficient (Wildman–Crippen LogP) is 6.25. The van der Waals surface area contributed by atoms with Gasteiger partial charge in [0, 0.05) is 16.5 Å². The van der Waals surface area contributed by atoms with E-state index in [1.54, 1.807) is 18.3 Å². The van der Waals surface area contributed by atoms with Crippen LogP contribution in [0.5, 0.6) is 0 Å². The van der Waals surface area contributed by atoms with Crippen molar-refractivity contribution in [1.82, 2.24) is 4.31 Å². The third-order valence-corrected chi connectivity index (χ3v) is 7.58. The Bertz CT molecular complexity index is 1230. The van der Waals surface area contributed by atoms with Crippen molar-refractivity contribution in [3.63, 3.8) is 0 Å². The third kappa shape index (κ3) is 5.14. The van der Waals surface area contributed by atoms with Gasteiger partial charge in [-0.05, 0) is 42.3 Å². The van der Waals surface area contributed by atoms with Crippen LogP contribution in [0.3, 0.4) is 0 Å². The summed E-state index contributed by atoms with van der Waals surface area (Å²) in [6.07, 6.45) is 4.25. The predicted molar refractivity (Wildman–Crippen MR) is 132 cm³/mol. The molecule has 0 spiro atoms. The second kappa shape index (κ2) is 9.76. The fraction of sp³-hybridized carbons (Fsp3) is 0.154. The van der Waals surface area contributed by atoms with Crippen LogP contribution in [0.1, 0.15) is 23.1 Å². The molecule has 0 unspecified atom stereocenters. The first-order chi connectivity index (χ1) is 15.4. The van der Waals surface area contributed by atoms with E-state index < -0.39 is 10.0 Å². The number of nitrogens with zero attached hydrogens (tertiary/aromatic N) is 1. The van der Waals surface area contributed by atoms with Crippen molar-refractivity contribution in [3.8, 4) is 0 Å². The molecule has 4 nitrogen and oxygen atoms in total. The molecule has 0 saturated heterocycles. The highest BCUT2D eigenvalue weighted by atomic mass is 79.9. The van der Waals surface area contributed by atoms with Gasteiger partial charge in [0.2, 0.25) is 0 Å². The smallest absolute Gasteiger partial charge is 0.264 e. The average Bonchev–Trinajstić information content (AvgIpc) is 2.91. The highest BCUT2D eigenvalue weighted by Gasteiger charge is 2.23. The van der Waals surface area contributed by atoms with E-state index in [0.717, 1.165) is 26.7 Å². The Kier molecular flexibility index (Phi) is 6.82. The first kappa shape index (κ1) is 22.4. The molecular weight excluding hydrogens is 486 g/mol. The summed E-state index contributed by atoms with van der Waals surface area (Å²) < 4.78 is 35.5. The maximum absolute atomic E-state index is 13.5. The van der Waals surface area contributed by atoms with Crippen molar-refractivity contribution >= 4 is 37.3 Å². The summed E-state index contributed by atoms with van der Waals surface area (Å²) in [5.74, 6) is 0.534. The number of hydrogen-bond donors (Lipinski definition) is 0. The Morgan fingerprint density at radius 1 is 0.875 bits per heavy atom. The molecule has 0 radical (unpaired) electrons. The molecule has 0 atom stereocenters. The van der Waals surface area contributed by atoms with Crippen molar-refractivity contribution in [2.75, 3.05) is 13.2 Å². The van der Waals surface area contributed by atoms with Crippen molar-refractivity contribution in [2.24, 2.45) is 0 Å². The molecule has 0 bridgehead atoms. The fourth-order valence-corrected chi connectivity index (χ4v) is 5.01. The van der Waals surface area contributed by atoms with Gasteiger partial charge >= 0.3 is 0 Å². The van der Waals surface area contributed by atoms with Crippen LogP contribution in [0.2, 0.25) is 0 Å². The summed E-state index contributed by atoms with van der Waals surface area (Å²) in [6, 6.07) is 24.5. The van der Waals surface area contributed by atoms with Crippen LogP contribution in [-0.4, -0.2) is 25.9 Å². The van der Waals surface area contributed by atoms with Crippen molar-refractivity contribution in [1.29, 1.82) is 0 Å². The van der Waals surface area contributed by atoms with Crippen LogP contribution in [0.25, 0.3) is 11.3 Å². The summed E-state index contributed by atoms with van der Waals surface area (Å²) in [6.45, 7) is 2.59. The summed E-state index contributed by atoms with van der Waals surface area (Å²) in [7, 11) is -3.76. The van der Waals surface area contributed by atoms with Crippen LogP contribution >= 0.6 is 15.9 Å². The topological polar surface area (TPSA) is 46.6 Å². The lowest BCUT2D eigenvalue weighted by Gasteiger charge is -2.21. The summed E-state index contributed by atoms with van der Waals surface area (Å²) in [4.78, 5) is 0.254. The van der Waals surface area contributed by atoms with E-state index in [0.29, 0.717) is 18.8 Å². The second-order valence-electron chi connectivity index (χ2n) is 7.58. The molecule has 0 N–H and O–H groups in total. The molecule has 0 amide bonds. The van der Waals surface area contributed by atoms with Gasteiger partial charge in [0.05, 0.1) is 24.2 Å². The van der Waals surface area contributed by atoms with Crippen LogP contribution < -0.4 is 0 Å². The van der Waals surface area contributed by atoms with Gasteiger partial charge in [0.25, 0.3) is 10.0 Å². The molecule has 0 saturated carbocycles. The van der Waals surface area contributed by atoms with Gasteiger partial charge in [-0.3, -0.25) is 4.31 Å². The zero-order valence-corrected chi connectivity index (χ0v) is 20.1. The lowest BCUT2D eigenvalue weighted by Crippen LogP contribution is -2.27. The van der Waals surface area contributed by atoms with Crippen molar-refractivity contribution < 1.29 is 13.2 Å². The maximum Gasteiger partial charge on any atom is 0.264 e. The molecular formula is C26H24BrNO3S. The Morgan fingerprint density at radius 3 is 2.25 bits per heavy atom. The number of ether oxygens (including phenoxy) is 1. The van der Waals surface area contributed by atoms with Crippen LogP contribution in [0, 0.1) is 6.92 Å². The molecule has 0 aliphatic carbocycles. The van der Waals surface area contributed by atoms with Crippen LogP contribution in [0.4, 0.5) is 0 Å². The molecule has 1 aliphatic heterocycles. The minimum Gasteiger partial charge on any atom is -0.491 e. The van der Waals surface area contributed by atoms with Gasteiger partial charge in [-0.15, -0.1) is 0 Å². The summed E-state index contributed by atoms with van der Waals surface area (Å²) >= 11 is 3.47. The zero-order chi connectivity index (χ0) is 22.6. The average molecular weight is 510 g/mol. The van der Waals surface area contributed by atoms with E-state index in [1.165, 1.54) is 4.31 Å². The molecule has 0 fully saturated rings. The SMILES string of the molecule is Cc1ccc(S(=O)(=O)N2/C=C(/c3ccccc3)OCC/C(c3ccc(Br)cc3)=C\C2)cc1. The van der Waals surface area contributed by atoms with Gasteiger partial charge in [-0.25, -0.2) is 8.42 Å². The Morgan fingerprint density at radius 2 is 1.56 bits per heavy atom. The molecule has 1 aliphatic rings. The molecule has 32 heavy (non-hydrogen) atoms. The molecule has 4 rings (SSSR count). The zero-order valence-electron chi connectivity index (χ0n) is 17.7. The highest BCUT2D eigenvalue weighted by molar-refractivity contribution is 9.10. The van der Waals surface area contributed by atoms with Crippen molar-refractivity contribution in [2.45, 2.75) is 18.2 Å². The molecule has 3 aromatic rings. The van der Waals surface area contributed by atoms with E-state index in [1.807, 2.05) is 79.7 Å². The van der Waals surface area contributed by atoms with Gasteiger partial charge < -0.3 is 4.74 Å². The largest absolute Gasteiger partial charge is 0.491 e. The normalized spacial score (nSPS) is 18.2. The molecule has 0 aromatic heterocycles. The van der Waals surface area contributed by atoms with Gasteiger partial charge in [-0.2, -0.15) is 0 Å². The van der Waals surface area contributed by atoms with Crippen molar-refractivity contribution in [3.05, 3.63) is 112 Å². The molecule has 1 heterocycles. The number of aryl methyl sites for hydroxylation is 1. The molecule has 3 aromatic carbocycles. The fourth-order valence-electron chi connectivity index (χ4n) is 3.49. The standard InChI is InChI=1S/C26H24BrNO3S/c1-20-7-13-25(14-8-20)32(29,30)28-17-15-22(21-9-11-24(27)12-10-21)16-18-31-26(19-28)23-5-3-2-4-6-23/h2-15,19H,16-18H2,1H3/b22-15+,26-19-. The highest BCUT2D eigenvalue weighted by Crippen LogP contribution is 2.27. The van der Waals surface area contributed by atoms with E-state index in [2.05, 4.69) is 15.9 Å². The van der Waals surface area contributed by atoms with E-state index in [9.17, 15) is 8.42 Å². The second-order valence-corrected chi connectivity index (χ2v) is 10.4. The number of hydrogen-bond acceptors (Lipinski definition) is 3. The molecule has 6 heteroatoms. The third-order valence-electron chi connectivity index (χ3n) is 5.31. The number of halogens is 1. The van der Waals surface area contributed by atoms with E-state index in [4.69, 9.17) is 4.74 Å². The minimum absolute atomic E-state index is 0.210. The summed E-state index contributed by atoms with van der Waals surface area (Å²) in [5, 5.41) is 0. The summed E-state index contributed by atoms with van der Waals surface area (Å²) in [5.41, 5.74) is 3.94. The first-order valence-electron chi connectivity index (χ1n) is 10.4. The Hall–Kier alpha value is -2.83. The maximum atomic E-state index is 13.5. The number of benzene rings is 3. The quantitative estimate of drug-likeness (QED) is 0.417. The Labute approximate surface area is 198 Å². The molecule has 164 valence electrons. The lowest BCUT2D eigenvalue weighted by molar-refractivity contribution is 0.283. The van der Waals surface area contributed by atoms with Gasteiger partial charge in [-0.1, -0.05) is 82.2 Å².